The van der Waals surface area contributed by atoms with Gasteiger partial charge in [-0.25, -0.2) is 0 Å². The molecule has 1 fully saturated rings. The maximum absolute atomic E-state index is 11.6. The Morgan fingerprint density at radius 2 is 1.82 bits per heavy atom. The summed E-state index contributed by atoms with van der Waals surface area (Å²) in [6, 6.07) is 16.6. The van der Waals surface area contributed by atoms with Crippen LogP contribution in [0.4, 0.5) is 0 Å². The van der Waals surface area contributed by atoms with Gasteiger partial charge in [-0.05, 0) is 65.7 Å². The van der Waals surface area contributed by atoms with Crippen LogP contribution in [0.2, 0.25) is 0 Å². The fourth-order valence-corrected chi connectivity index (χ4v) is 5.32. The number of carboxylic acids is 1. The van der Waals surface area contributed by atoms with Crippen molar-refractivity contribution in [2.75, 3.05) is 0 Å². The third kappa shape index (κ3) is 7.33. The number of hydrogen-bond acceptors (Lipinski definition) is 3. The van der Waals surface area contributed by atoms with Gasteiger partial charge in [-0.15, -0.1) is 0 Å². The minimum Gasteiger partial charge on any atom is -0.489 e. The average Bonchev–Trinajstić information content (AvgIpc) is 2.82. The van der Waals surface area contributed by atoms with Crippen LogP contribution >= 0.6 is 0 Å². The molecule has 4 heteroatoms. The molecular formula is C30H42O4. The van der Waals surface area contributed by atoms with E-state index in [1.54, 1.807) is 0 Å². The van der Waals surface area contributed by atoms with Crippen molar-refractivity contribution >= 4 is 5.97 Å². The molecule has 2 aromatic carbocycles. The monoisotopic (exact) mass is 466 g/mol. The van der Waals surface area contributed by atoms with Gasteiger partial charge in [0.15, 0.2) is 0 Å². The highest BCUT2D eigenvalue weighted by molar-refractivity contribution is 5.67. The highest BCUT2D eigenvalue weighted by Gasteiger charge is 2.34. The highest BCUT2D eigenvalue weighted by Crippen LogP contribution is 2.45. The Labute approximate surface area is 205 Å². The van der Waals surface area contributed by atoms with Crippen molar-refractivity contribution in [3.8, 4) is 5.75 Å². The van der Waals surface area contributed by atoms with Crippen LogP contribution < -0.4 is 4.74 Å². The number of carboxylic acid groups (broad SMARTS) is 1. The molecule has 1 aliphatic rings. The molecule has 1 aliphatic carbocycles. The Hall–Kier alpha value is -2.33. The highest BCUT2D eigenvalue weighted by atomic mass is 16.5. The zero-order chi connectivity index (χ0) is 24.6. The van der Waals surface area contributed by atoms with Crippen molar-refractivity contribution in [2.24, 2.45) is 5.92 Å². The summed E-state index contributed by atoms with van der Waals surface area (Å²) < 4.78 is 6.41. The maximum atomic E-state index is 11.6. The Morgan fingerprint density at radius 1 is 1.06 bits per heavy atom. The first kappa shape index (κ1) is 26.3. The van der Waals surface area contributed by atoms with Gasteiger partial charge in [0.05, 0.1) is 6.10 Å². The molecule has 0 unspecified atom stereocenters. The first-order valence-electron chi connectivity index (χ1n) is 13.0. The van der Waals surface area contributed by atoms with Crippen molar-refractivity contribution < 1.29 is 19.7 Å². The minimum atomic E-state index is -0.775. The molecule has 3 rings (SSSR count). The lowest BCUT2D eigenvalue weighted by Crippen LogP contribution is -2.28. The first-order chi connectivity index (χ1) is 16.3. The van der Waals surface area contributed by atoms with Gasteiger partial charge in [0.1, 0.15) is 12.4 Å². The number of aliphatic hydroxyl groups excluding tert-OH is 1. The van der Waals surface area contributed by atoms with Gasteiger partial charge < -0.3 is 14.9 Å². The molecule has 0 saturated heterocycles. The molecule has 0 aromatic heterocycles. The number of aliphatic hydroxyl groups is 1. The number of hydrogen-bond donors (Lipinski definition) is 2. The molecule has 0 radical (unpaired) electrons. The molecule has 0 spiro atoms. The van der Waals surface area contributed by atoms with Crippen molar-refractivity contribution in [1.29, 1.82) is 0 Å². The number of aliphatic carboxylic acids is 1. The van der Waals surface area contributed by atoms with Gasteiger partial charge >= 0.3 is 5.97 Å². The second kappa shape index (κ2) is 12.4. The Balaban J connectivity index is 1.91. The van der Waals surface area contributed by atoms with Crippen molar-refractivity contribution in [1.82, 2.24) is 0 Å². The zero-order valence-corrected chi connectivity index (χ0v) is 21.1. The number of rotatable bonds is 12. The molecule has 0 amide bonds. The zero-order valence-electron chi connectivity index (χ0n) is 21.1. The van der Waals surface area contributed by atoms with Crippen LogP contribution in [-0.4, -0.2) is 22.3 Å². The largest absolute Gasteiger partial charge is 0.489 e. The smallest absolute Gasteiger partial charge is 0.303 e. The van der Waals surface area contributed by atoms with Crippen LogP contribution in [0.15, 0.2) is 48.5 Å². The lowest BCUT2D eigenvalue weighted by molar-refractivity contribution is -0.138. The minimum absolute atomic E-state index is 0.00730. The van der Waals surface area contributed by atoms with E-state index >= 15 is 0 Å². The summed E-state index contributed by atoms with van der Waals surface area (Å²) in [6.45, 7) is 7.30. The Bertz CT molecular complexity index is 905. The molecule has 0 heterocycles. The maximum Gasteiger partial charge on any atom is 0.303 e. The summed E-state index contributed by atoms with van der Waals surface area (Å²) in [5.74, 6) is 0.0423. The third-order valence-corrected chi connectivity index (χ3v) is 7.49. The number of ether oxygens (including phenoxy) is 1. The summed E-state index contributed by atoms with van der Waals surface area (Å²) in [7, 11) is 0. The van der Waals surface area contributed by atoms with Gasteiger partial charge in [0.2, 0.25) is 0 Å². The van der Waals surface area contributed by atoms with Crippen LogP contribution in [0.1, 0.15) is 101 Å². The van der Waals surface area contributed by atoms with E-state index in [1.165, 1.54) is 31.2 Å². The van der Waals surface area contributed by atoms with Crippen molar-refractivity contribution in [2.45, 2.75) is 103 Å². The van der Waals surface area contributed by atoms with Crippen LogP contribution in [0.25, 0.3) is 0 Å². The van der Waals surface area contributed by atoms with Crippen molar-refractivity contribution in [3.63, 3.8) is 0 Å². The second-order valence-electron chi connectivity index (χ2n) is 10.7. The summed E-state index contributed by atoms with van der Waals surface area (Å²) in [4.78, 5) is 11.6. The predicted octanol–water partition coefficient (Wildman–Crippen LogP) is 7.23. The van der Waals surface area contributed by atoms with Crippen LogP contribution in [0.5, 0.6) is 5.75 Å². The van der Waals surface area contributed by atoms with Gasteiger partial charge in [-0.1, -0.05) is 88.9 Å². The third-order valence-electron chi connectivity index (χ3n) is 7.49. The lowest BCUT2D eigenvalue weighted by atomic mass is 9.71. The lowest BCUT2D eigenvalue weighted by Gasteiger charge is -2.35. The van der Waals surface area contributed by atoms with Crippen LogP contribution in [0.3, 0.4) is 0 Å². The summed E-state index contributed by atoms with van der Waals surface area (Å²) in [6.07, 6.45) is 7.79. The van der Waals surface area contributed by atoms with E-state index in [9.17, 15) is 15.0 Å². The molecule has 34 heavy (non-hydrogen) atoms. The normalized spacial score (nSPS) is 20.8. The number of carbonyl (C=O) groups is 1. The molecule has 1 saturated carbocycles. The predicted molar refractivity (Wildman–Crippen MR) is 137 cm³/mol. The fourth-order valence-electron chi connectivity index (χ4n) is 5.32. The van der Waals surface area contributed by atoms with Crippen LogP contribution in [-0.2, 0) is 16.8 Å². The average molecular weight is 467 g/mol. The molecule has 186 valence electrons. The SMILES string of the molecule is CCCCCCC(C)(C)c1ccc([C@@H]2C[C@H](O)CC[C@H]2CC(=O)O)c(OCc2ccccc2)c1. The Kier molecular flexibility index (Phi) is 9.58. The van der Waals surface area contributed by atoms with Gasteiger partial charge in [0, 0.05) is 6.42 Å². The first-order valence-corrected chi connectivity index (χ1v) is 13.0. The van der Waals surface area contributed by atoms with E-state index in [0.29, 0.717) is 19.4 Å². The van der Waals surface area contributed by atoms with E-state index in [2.05, 4.69) is 51.1 Å². The summed E-state index contributed by atoms with van der Waals surface area (Å²) in [5.41, 5.74) is 3.42. The molecule has 0 bridgehead atoms. The van der Waals surface area contributed by atoms with Gasteiger partial charge in [-0.2, -0.15) is 0 Å². The quantitative estimate of drug-likeness (QED) is 0.324. The van der Waals surface area contributed by atoms with Gasteiger partial charge in [-0.3, -0.25) is 4.79 Å². The van der Waals surface area contributed by atoms with E-state index in [-0.39, 0.29) is 23.7 Å². The molecular weight excluding hydrogens is 424 g/mol. The summed E-state index contributed by atoms with van der Waals surface area (Å²) in [5, 5.41) is 19.9. The molecule has 2 N–H and O–H groups in total. The van der Waals surface area contributed by atoms with Gasteiger partial charge in [0.25, 0.3) is 0 Å². The van der Waals surface area contributed by atoms with E-state index < -0.39 is 12.1 Å². The second-order valence-corrected chi connectivity index (χ2v) is 10.7. The Morgan fingerprint density at radius 3 is 2.53 bits per heavy atom. The van der Waals surface area contributed by atoms with Crippen LogP contribution in [0, 0.1) is 5.92 Å². The molecule has 0 aliphatic heterocycles. The molecule has 3 atom stereocenters. The number of unbranched alkanes of at least 4 members (excludes halogenated alkanes) is 3. The standard InChI is InChI=1S/C30H42O4/c1-4-5-6-10-17-30(2,3)24-14-16-26(27-20-25(31)15-13-23(27)18-29(32)33)28(19-24)34-21-22-11-8-7-9-12-22/h7-9,11-12,14,16,19,23,25,27,31H,4-6,10,13,15,17-18,20-21H2,1-3H3,(H,32,33)/t23-,25+,27+/m0/s1. The number of benzene rings is 2. The fraction of sp³-hybridized carbons (Fsp3) is 0.567. The molecule has 4 nitrogen and oxygen atoms in total. The summed E-state index contributed by atoms with van der Waals surface area (Å²) >= 11 is 0. The molecule has 2 aromatic rings. The van der Waals surface area contributed by atoms with Crippen molar-refractivity contribution in [3.05, 3.63) is 65.2 Å². The van der Waals surface area contributed by atoms with E-state index in [1.807, 2.05) is 18.2 Å². The van der Waals surface area contributed by atoms with E-state index in [0.717, 1.165) is 29.7 Å². The topological polar surface area (TPSA) is 66.8 Å². The van der Waals surface area contributed by atoms with E-state index in [4.69, 9.17) is 4.74 Å².